The molecule has 0 aliphatic heterocycles. The Morgan fingerprint density at radius 1 is 1.00 bits per heavy atom. The fourth-order valence-electron chi connectivity index (χ4n) is 3.62. The smallest absolute Gasteiger partial charge is 0.508 e. The van der Waals surface area contributed by atoms with Crippen LogP contribution in [0.4, 0.5) is 0 Å². The van der Waals surface area contributed by atoms with Crippen molar-refractivity contribution < 1.29 is 43.1 Å². The third kappa shape index (κ3) is 11.6. The lowest BCUT2D eigenvalue weighted by molar-refractivity contribution is -0.145. The summed E-state index contributed by atoms with van der Waals surface area (Å²) in [5, 5.41) is 14.6. The molecule has 0 fully saturated rings. The number of carbonyl (C=O) groups is 5. The van der Waals surface area contributed by atoms with Gasteiger partial charge in [0.15, 0.2) is 0 Å². The molecule has 1 heterocycles. The number of hydrogen-bond donors (Lipinski definition) is 3. The normalized spacial score (nSPS) is 12.1. The van der Waals surface area contributed by atoms with Gasteiger partial charge in [-0.1, -0.05) is 44.2 Å². The summed E-state index contributed by atoms with van der Waals surface area (Å²) in [6, 6.07) is 7.90. The number of methoxy groups -OCH3 is 1. The van der Waals surface area contributed by atoms with Crippen molar-refractivity contribution in [2.45, 2.75) is 51.5 Å². The first-order chi connectivity index (χ1) is 19.1. The lowest BCUT2D eigenvalue weighted by Gasteiger charge is -2.27. The zero-order chi connectivity index (χ0) is 29.5. The lowest BCUT2D eigenvalue weighted by Crippen LogP contribution is -2.56. The molecule has 2 amide bonds. The van der Waals surface area contributed by atoms with Crippen molar-refractivity contribution in [2.24, 2.45) is 5.92 Å². The van der Waals surface area contributed by atoms with Crippen LogP contribution in [0.15, 0.2) is 48.9 Å². The second kappa shape index (κ2) is 16.6. The van der Waals surface area contributed by atoms with Gasteiger partial charge in [-0.2, -0.15) is 0 Å². The molecule has 2 aromatic rings. The van der Waals surface area contributed by atoms with E-state index in [1.165, 1.54) is 25.7 Å². The Labute approximate surface area is 232 Å². The molecule has 3 N–H and O–H groups in total. The second-order valence-corrected chi connectivity index (χ2v) is 9.19. The van der Waals surface area contributed by atoms with Gasteiger partial charge in [0.1, 0.15) is 18.3 Å². The Hall–Kier alpha value is -4.33. The lowest BCUT2D eigenvalue weighted by atomic mass is 9.73. The summed E-state index contributed by atoms with van der Waals surface area (Å²) >= 11 is 0. The Morgan fingerprint density at radius 2 is 1.70 bits per heavy atom. The zero-order valence-corrected chi connectivity index (χ0v) is 22.6. The number of rotatable bonds is 16. The quantitative estimate of drug-likeness (QED) is 0.198. The number of carboxylic acids is 1. The van der Waals surface area contributed by atoms with Crippen LogP contribution in [0.5, 0.6) is 0 Å². The van der Waals surface area contributed by atoms with Crippen LogP contribution in [0.25, 0.3) is 0 Å². The first-order valence-electron chi connectivity index (χ1n) is 12.6. The summed E-state index contributed by atoms with van der Waals surface area (Å²) in [6.45, 7) is 2.89. The maximum absolute atomic E-state index is 13.6. The van der Waals surface area contributed by atoms with E-state index in [9.17, 15) is 24.0 Å². The third-order valence-electron chi connectivity index (χ3n) is 5.46. The maximum atomic E-state index is 13.6. The molecule has 0 bridgehead atoms. The molecule has 0 saturated carbocycles. The van der Waals surface area contributed by atoms with Crippen molar-refractivity contribution in [1.82, 2.24) is 20.6 Å². The van der Waals surface area contributed by atoms with Gasteiger partial charge in [-0.05, 0) is 17.9 Å². The van der Waals surface area contributed by atoms with Gasteiger partial charge in [-0.15, -0.1) is 0 Å². The molecule has 1 aromatic heterocycles. The topological polar surface area (TPSA) is 183 Å². The number of hydrogen-bond acceptors (Lipinski definition) is 10. The van der Waals surface area contributed by atoms with Gasteiger partial charge < -0.3 is 29.8 Å². The zero-order valence-electron chi connectivity index (χ0n) is 22.6. The highest BCUT2D eigenvalue weighted by Crippen LogP contribution is 2.13. The van der Waals surface area contributed by atoms with Crippen LogP contribution in [0.2, 0.25) is 0 Å². The van der Waals surface area contributed by atoms with E-state index in [2.05, 4.69) is 25.3 Å². The monoisotopic (exact) mass is 556 g/mol. The van der Waals surface area contributed by atoms with Crippen molar-refractivity contribution in [1.29, 1.82) is 0 Å². The number of nitrogens with zero attached hydrogens (tertiary/aromatic N) is 2. The van der Waals surface area contributed by atoms with Gasteiger partial charge in [-0.3, -0.25) is 24.2 Å². The molecular weight excluding hydrogens is 523 g/mol. The van der Waals surface area contributed by atoms with Crippen molar-refractivity contribution in [3.63, 3.8) is 0 Å². The number of benzene rings is 1. The number of carbonyl (C=O) groups excluding carboxylic acids is 4. The maximum Gasteiger partial charge on any atom is 0.551 e. The highest BCUT2D eigenvalue weighted by atomic mass is 16.6. The Bertz CT molecular complexity index is 1140. The van der Waals surface area contributed by atoms with E-state index in [1.54, 1.807) is 24.3 Å². The largest absolute Gasteiger partial charge is 0.551 e. The molecule has 13 nitrogen and oxygen atoms in total. The number of carboxylic acid groups (broad SMARTS) is 1. The van der Waals surface area contributed by atoms with Crippen LogP contribution in [-0.2, 0) is 39.6 Å². The fourth-order valence-corrected chi connectivity index (χ4v) is 3.62. The molecule has 1 unspecified atom stereocenters. The summed E-state index contributed by atoms with van der Waals surface area (Å²) in [6.07, 6.45) is 3.77. The molecule has 214 valence electrons. The number of ether oxygens (including phenoxy) is 1. The van der Waals surface area contributed by atoms with Gasteiger partial charge in [0, 0.05) is 18.8 Å². The molecule has 0 spiro atoms. The van der Waals surface area contributed by atoms with Crippen molar-refractivity contribution in [3.05, 3.63) is 60.2 Å². The molecule has 14 heteroatoms. The van der Waals surface area contributed by atoms with E-state index >= 15 is 0 Å². The van der Waals surface area contributed by atoms with Crippen LogP contribution in [0.1, 0.15) is 49.2 Å². The molecule has 2 atom stereocenters. The molecule has 0 saturated heterocycles. The van der Waals surface area contributed by atoms with E-state index in [4.69, 9.17) is 14.4 Å². The minimum absolute atomic E-state index is 0.00861. The Morgan fingerprint density at radius 3 is 2.30 bits per heavy atom. The molecule has 0 aliphatic rings. The van der Waals surface area contributed by atoms with E-state index in [-0.39, 0.29) is 37.3 Å². The van der Waals surface area contributed by atoms with Gasteiger partial charge in [0.25, 0.3) is 11.9 Å². The molecule has 0 radical (unpaired) electrons. The minimum Gasteiger partial charge on any atom is -0.508 e. The van der Waals surface area contributed by atoms with Gasteiger partial charge in [-0.25, -0.2) is 9.78 Å². The van der Waals surface area contributed by atoms with Gasteiger partial charge in [0.2, 0.25) is 5.91 Å². The van der Waals surface area contributed by atoms with Crippen molar-refractivity contribution in [3.8, 4) is 0 Å². The van der Waals surface area contributed by atoms with Crippen LogP contribution in [0, 0.1) is 5.92 Å². The highest BCUT2D eigenvalue weighted by molar-refractivity contribution is 6.49. The summed E-state index contributed by atoms with van der Waals surface area (Å²) in [5.74, 6) is -5.07. The summed E-state index contributed by atoms with van der Waals surface area (Å²) in [7, 11) is -0.309. The van der Waals surface area contributed by atoms with Crippen LogP contribution in [-0.4, -0.2) is 77.6 Å². The molecule has 0 aliphatic carbocycles. The second-order valence-electron chi connectivity index (χ2n) is 9.19. The van der Waals surface area contributed by atoms with Crippen LogP contribution in [0.3, 0.4) is 0 Å². The standard InChI is InChI=1S/C26H33BN4O9/c1-17(2)13-21(27(39-16-22(32)33)40-24(35)10-9-23(34)38-3)31-25(36)19(14-18-7-5-4-6-8-18)30-26(37)20-15-28-11-12-29-20/h4-8,11-12,15,17,19,21H,9-10,13-14,16H2,1-3H3,(H,30,37)(H,31,36)(H,32,33)/t19?,21-/m0/s1. The van der Waals surface area contributed by atoms with E-state index in [0.717, 1.165) is 5.56 Å². The van der Waals surface area contributed by atoms with Crippen molar-refractivity contribution in [2.75, 3.05) is 13.7 Å². The average molecular weight is 556 g/mol. The molecule has 40 heavy (non-hydrogen) atoms. The number of nitrogens with one attached hydrogen (secondary N) is 2. The first-order valence-corrected chi connectivity index (χ1v) is 12.6. The number of amides is 2. The fraction of sp³-hybridized carbons (Fsp3) is 0.423. The number of aliphatic carboxylic acids is 1. The molecule has 2 rings (SSSR count). The summed E-state index contributed by atoms with van der Waals surface area (Å²) in [4.78, 5) is 69.3. The van der Waals surface area contributed by atoms with Crippen LogP contribution < -0.4 is 10.6 Å². The average Bonchev–Trinajstić information content (AvgIpc) is 2.93. The van der Waals surface area contributed by atoms with E-state index in [0.29, 0.717) is 0 Å². The summed E-state index contributed by atoms with van der Waals surface area (Å²) < 4.78 is 15.2. The van der Waals surface area contributed by atoms with E-state index in [1.807, 2.05) is 19.9 Å². The Kier molecular flexibility index (Phi) is 13.2. The third-order valence-corrected chi connectivity index (χ3v) is 5.46. The van der Waals surface area contributed by atoms with Crippen molar-refractivity contribution >= 4 is 36.8 Å². The predicted octanol–water partition coefficient (Wildman–Crippen LogP) is 0.974. The van der Waals surface area contributed by atoms with Crippen LogP contribution >= 0.6 is 0 Å². The highest BCUT2D eigenvalue weighted by Gasteiger charge is 2.38. The minimum atomic E-state index is -1.49. The molecule has 1 aromatic carbocycles. The van der Waals surface area contributed by atoms with Gasteiger partial charge in [0.05, 0.1) is 32.1 Å². The number of aromatic nitrogens is 2. The Balaban J connectivity index is 2.28. The summed E-state index contributed by atoms with van der Waals surface area (Å²) in [5.41, 5.74) is 0.768. The van der Waals surface area contributed by atoms with E-state index < -0.39 is 55.4 Å². The number of esters is 1. The predicted molar refractivity (Wildman–Crippen MR) is 142 cm³/mol. The molecular formula is C26H33BN4O9. The van der Waals surface area contributed by atoms with Gasteiger partial charge >= 0.3 is 19.1 Å². The SMILES string of the molecule is COC(=O)CCC(=O)OB(OCC(=O)O)[C@H](CC(C)C)NC(=O)C(Cc1ccccc1)NC(=O)c1cnccn1. The first kappa shape index (κ1) is 31.9.